The Balaban J connectivity index is 0.00000112. The van der Waals surface area contributed by atoms with Gasteiger partial charge in [0.25, 0.3) is 0 Å². The van der Waals surface area contributed by atoms with Crippen LogP contribution >= 0.6 is 24.0 Å². The molecule has 1 atom stereocenters. The number of hydrogen-bond donors (Lipinski definition) is 1. The van der Waals surface area contributed by atoms with Crippen LogP contribution in [0.4, 0.5) is 0 Å². The molecule has 1 aliphatic rings. The predicted molar refractivity (Wildman–Crippen MR) is 60.8 cm³/mol. The van der Waals surface area contributed by atoms with Gasteiger partial charge in [0, 0.05) is 12.5 Å². The minimum Gasteiger partial charge on any atom is -0.463 e. The average molecular weight is 250 g/mol. The summed E-state index contributed by atoms with van der Waals surface area (Å²) < 4.78 is 5.42. The highest BCUT2D eigenvalue weighted by atomic mass is 35.5. The molecule has 1 aromatic rings. The van der Waals surface area contributed by atoms with E-state index in [1.165, 1.54) is 12.4 Å². The van der Waals surface area contributed by atoms with Crippen LogP contribution in [0.3, 0.4) is 0 Å². The first-order valence-electron chi connectivity index (χ1n) is 4.65. The van der Waals surface area contributed by atoms with Crippen molar-refractivity contribution < 1.29 is 4.74 Å². The third kappa shape index (κ3) is 3.81. The Hall–Kier alpha value is -0.580. The number of aromatic nitrogens is 2. The van der Waals surface area contributed by atoms with Crippen molar-refractivity contribution in [3.8, 4) is 6.01 Å². The maximum absolute atomic E-state index is 5.65. The molecule has 4 nitrogen and oxygen atoms in total. The molecule has 1 aromatic heterocycles. The van der Waals surface area contributed by atoms with E-state index < -0.39 is 0 Å². The molecule has 15 heavy (non-hydrogen) atoms. The second-order valence-electron chi connectivity index (χ2n) is 3.35. The summed E-state index contributed by atoms with van der Waals surface area (Å²) in [7, 11) is 0. The molecule has 0 radical (unpaired) electrons. The Labute approximate surface area is 99.8 Å². The van der Waals surface area contributed by atoms with Crippen LogP contribution in [0.5, 0.6) is 6.01 Å². The van der Waals surface area contributed by atoms with E-state index in [1.54, 1.807) is 0 Å². The number of halogens is 2. The summed E-state index contributed by atoms with van der Waals surface area (Å²) in [4.78, 5) is 7.91. The van der Waals surface area contributed by atoms with Crippen LogP contribution in [-0.2, 0) is 0 Å². The van der Waals surface area contributed by atoms with Crippen LogP contribution in [-0.4, -0.2) is 29.7 Å². The zero-order valence-corrected chi connectivity index (χ0v) is 9.72. The minimum absolute atomic E-state index is 0. The average Bonchev–Trinajstić information content (AvgIpc) is 2.70. The van der Waals surface area contributed by atoms with Crippen LogP contribution in [0.2, 0.25) is 5.02 Å². The van der Waals surface area contributed by atoms with Gasteiger partial charge in [-0.05, 0) is 13.0 Å². The first-order chi connectivity index (χ1) is 6.84. The van der Waals surface area contributed by atoms with Gasteiger partial charge < -0.3 is 10.1 Å². The van der Waals surface area contributed by atoms with E-state index in [0.29, 0.717) is 23.6 Å². The van der Waals surface area contributed by atoms with Crippen molar-refractivity contribution in [2.45, 2.75) is 6.42 Å². The summed E-state index contributed by atoms with van der Waals surface area (Å²) in [6.45, 7) is 2.78. The maximum atomic E-state index is 5.65. The largest absolute Gasteiger partial charge is 0.463 e. The molecular weight excluding hydrogens is 237 g/mol. The second-order valence-corrected chi connectivity index (χ2v) is 3.79. The van der Waals surface area contributed by atoms with Crippen LogP contribution in [0.1, 0.15) is 6.42 Å². The van der Waals surface area contributed by atoms with Gasteiger partial charge >= 0.3 is 6.01 Å². The van der Waals surface area contributed by atoms with E-state index in [-0.39, 0.29) is 12.4 Å². The molecule has 1 saturated heterocycles. The Morgan fingerprint density at radius 3 is 2.80 bits per heavy atom. The first-order valence-corrected chi connectivity index (χ1v) is 5.03. The van der Waals surface area contributed by atoms with Crippen molar-refractivity contribution in [1.82, 2.24) is 15.3 Å². The van der Waals surface area contributed by atoms with Crippen molar-refractivity contribution in [3.05, 3.63) is 17.4 Å². The van der Waals surface area contributed by atoms with Crippen LogP contribution in [0.25, 0.3) is 0 Å². The first kappa shape index (κ1) is 12.5. The summed E-state index contributed by atoms with van der Waals surface area (Å²) in [5, 5.41) is 3.80. The molecule has 84 valence electrons. The van der Waals surface area contributed by atoms with Gasteiger partial charge in [-0.25, -0.2) is 9.97 Å². The van der Waals surface area contributed by atoms with Gasteiger partial charge in [0.05, 0.1) is 24.0 Å². The van der Waals surface area contributed by atoms with E-state index in [9.17, 15) is 0 Å². The van der Waals surface area contributed by atoms with E-state index >= 15 is 0 Å². The molecule has 0 aromatic carbocycles. The standard InChI is InChI=1S/C9H12ClN3O.ClH/c10-8-4-12-9(13-5-8)14-6-7-1-2-11-3-7;/h4-5,7,11H,1-3,6H2;1H. The Morgan fingerprint density at radius 1 is 1.47 bits per heavy atom. The molecule has 0 amide bonds. The number of nitrogens with zero attached hydrogens (tertiary/aromatic N) is 2. The van der Waals surface area contributed by atoms with Crippen molar-refractivity contribution in [2.75, 3.05) is 19.7 Å². The molecule has 1 fully saturated rings. The molecule has 1 aliphatic heterocycles. The van der Waals surface area contributed by atoms with E-state index in [0.717, 1.165) is 19.5 Å². The van der Waals surface area contributed by atoms with Crippen molar-refractivity contribution in [3.63, 3.8) is 0 Å². The van der Waals surface area contributed by atoms with Crippen LogP contribution < -0.4 is 10.1 Å². The number of nitrogens with one attached hydrogen (secondary N) is 1. The number of hydrogen-bond acceptors (Lipinski definition) is 4. The normalized spacial score (nSPS) is 19.7. The fourth-order valence-electron chi connectivity index (χ4n) is 1.42. The van der Waals surface area contributed by atoms with Crippen molar-refractivity contribution in [1.29, 1.82) is 0 Å². The van der Waals surface area contributed by atoms with Crippen molar-refractivity contribution in [2.24, 2.45) is 5.92 Å². The zero-order chi connectivity index (χ0) is 9.80. The molecule has 0 spiro atoms. The lowest BCUT2D eigenvalue weighted by atomic mass is 10.1. The molecule has 2 heterocycles. The predicted octanol–water partition coefficient (Wildman–Crippen LogP) is 1.54. The van der Waals surface area contributed by atoms with E-state index in [4.69, 9.17) is 16.3 Å². The van der Waals surface area contributed by atoms with Crippen molar-refractivity contribution >= 4 is 24.0 Å². The summed E-state index contributed by atoms with van der Waals surface area (Å²) in [6, 6.07) is 0.404. The molecule has 6 heteroatoms. The Kier molecular flexibility index (Phi) is 5.08. The third-order valence-electron chi connectivity index (χ3n) is 2.21. The van der Waals surface area contributed by atoms with Gasteiger partial charge in [0.15, 0.2) is 0 Å². The highest BCUT2D eigenvalue weighted by Crippen LogP contribution is 2.11. The van der Waals surface area contributed by atoms with Gasteiger partial charge in [-0.15, -0.1) is 12.4 Å². The van der Waals surface area contributed by atoms with Gasteiger partial charge in [-0.1, -0.05) is 11.6 Å². The zero-order valence-electron chi connectivity index (χ0n) is 8.15. The Bertz CT molecular complexity index is 288. The monoisotopic (exact) mass is 249 g/mol. The smallest absolute Gasteiger partial charge is 0.316 e. The lowest BCUT2D eigenvalue weighted by molar-refractivity contribution is 0.241. The molecule has 0 bridgehead atoms. The van der Waals surface area contributed by atoms with Gasteiger partial charge in [0.2, 0.25) is 0 Å². The summed E-state index contributed by atoms with van der Waals surface area (Å²) in [6.07, 6.45) is 4.24. The van der Waals surface area contributed by atoms with E-state index in [1.807, 2.05) is 0 Å². The SMILES string of the molecule is Cl.Clc1cnc(OCC2CCNC2)nc1. The molecule has 2 rings (SSSR count). The number of rotatable bonds is 3. The van der Waals surface area contributed by atoms with Gasteiger partial charge in [-0.2, -0.15) is 0 Å². The van der Waals surface area contributed by atoms with Gasteiger partial charge in [-0.3, -0.25) is 0 Å². The van der Waals surface area contributed by atoms with E-state index in [2.05, 4.69) is 15.3 Å². The summed E-state index contributed by atoms with van der Waals surface area (Å²) >= 11 is 5.65. The van der Waals surface area contributed by atoms with Crippen LogP contribution in [0.15, 0.2) is 12.4 Å². The Morgan fingerprint density at radius 2 is 2.20 bits per heavy atom. The maximum Gasteiger partial charge on any atom is 0.316 e. The topological polar surface area (TPSA) is 47.0 Å². The van der Waals surface area contributed by atoms with Crippen LogP contribution in [0, 0.1) is 5.92 Å². The van der Waals surface area contributed by atoms with Gasteiger partial charge in [0.1, 0.15) is 0 Å². The lowest BCUT2D eigenvalue weighted by Crippen LogP contribution is -2.16. The summed E-state index contributed by atoms with van der Waals surface area (Å²) in [5.41, 5.74) is 0. The quantitative estimate of drug-likeness (QED) is 0.883. The lowest BCUT2D eigenvalue weighted by Gasteiger charge is -2.08. The molecule has 0 aliphatic carbocycles. The highest BCUT2D eigenvalue weighted by Gasteiger charge is 2.15. The molecular formula is C9H13Cl2N3O. The second kappa shape index (κ2) is 6.10. The highest BCUT2D eigenvalue weighted by molar-refractivity contribution is 6.30. The fourth-order valence-corrected chi connectivity index (χ4v) is 1.52. The molecule has 1 N–H and O–H groups in total. The summed E-state index contributed by atoms with van der Waals surface area (Å²) in [5.74, 6) is 0.578. The number of ether oxygens (including phenoxy) is 1. The molecule has 1 unspecified atom stereocenters. The third-order valence-corrected chi connectivity index (χ3v) is 2.40. The molecule has 0 saturated carbocycles. The minimum atomic E-state index is 0. The fraction of sp³-hybridized carbons (Fsp3) is 0.556.